The van der Waals surface area contributed by atoms with E-state index in [9.17, 15) is 14.4 Å². The van der Waals surface area contributed by atoms with Crippen molar-refractivity contribution >= 4 is 17.7 Å². The van der Waals surface area contributed by atoms with Gasteiger partial charge >= 0.3 is 0 Å². The van der Waals surface area contributed by atoms with Crippen molar-refractivity contribution < 1.29 is 14.4 Å². The van der Waals surface area contributed by atoms with Crippen molar-refractivity contribution in [3.63, 3.8) is 0 Å². The number of amides is 3. The first kappa shape index (κ1) is 21.6. The summed E-state index contributed by atoms with van der Waals surface area (Å²) in [7, 11) is 0. The van der Waals surface area contributed by atoms with E-state index in [1.54, 1.807) is 0 Å². The molecule has 3 amide bonds. The summed E-state index contributed by atoms with van der Waals surface area (Å²) in [5.74, 6) is -1.61. The Morgan fingerprint density at radius 3 is 2.23 bits per heavy atom. The van der Waals surface area contributed by atoms with Crippen molar-refractivity contribution in [3.05, 3.63) is 71.8 Å². The van der Waals surface area contributed by atoms with E-state index in [1.165, 1.54) is 0 Å². The first-order valence-electron chi connectivity index (χ1n) is 10.5. The first-order chi connectivity index (χ1) is 14.5. The molecule has 0 spiro atoms. The third kappa shape index (κ3) is 5.92. The number of rotatable bonds is 8. The maximum atomic E-state index is 13.0. The van der Waals surface area contributed by atoms with E-state index in [2.05, 4.69) is 10.6 Å². The smallest absolute Gasteiger partial charge is 0.239 e. The first-order valence-corrected chi connectivity index (χ1v) is 10.5. The van der Waals surface area contributed by atoms with Crippen LogP contribution >= 0.6 is 0 Å². The second kappa shape index (κ2) is 10.6. The molecule has 1 aliphatic carbocycles. The Labute approximate surface area is 177 Å². The molecule has 3 unspecified atom stereocenters. The standard InChI is InChI=1S/C24H29N3O3/c25-23(29)19-13-7-8-14-21(19)27-22(28)16-26-24(30)20(18-11-5-2-6-12-18)15-17-9-3-1-4-10-17/h1-6,9-12,19-21H,7-8,13-16H2,(H2,25,29)(H,26,30)(H,27,28). The maximum Gasteiger partial charge on any atom is 0.239 e. The minimum atomic E-state index is -0.394. The van der Waals surface area contributed by atoms with E-state index >= 15 is 0 Å². The second-order valence-corrected chi connectivity index (χ2v) is 7.84. The largest absolute Gasteiger partial charge is 0.369 e. The highest BCUT2D eigenvalue weighted by Crippen LogP contribution is 2.24. The van der Waals surface area contributed by atoms with E-state index < -0.39 is 5.92 Å². The maximum absolute atomic E-state index is 13.0. The second-order valence-electron chi connectivity index (χ2n) is 7.84. The quantitative estimate of drug-likeness (QED) is 0.626. The summed E-state index contributed by atoms with van der Waals surface area (Å²) in [6.07, 6.45) is 3.86. The third-order valence-corrected chi connectivity index (χ3v) is 5.70. The van der Waals surface area contributed by atoms with Crippen LogP contribution in [-0.4, -0.2) is 30.3 Å². The fourth-order valence-corrected chi connectivity index (χ4v) is 4.09. The molecule has 1 saturated carbocycles. The zero-order valence-corrected chi connectivity index (χ0v) is 17.1. The van der Waals surface area contributed by atoms with Gasteiger partial charge in [-0.05, 0) is 30.4 Å². The van der Waals surface area contributed by atoms with Crippen molar-refractivity contribution in [1.82, 2.24) is 10.6 Å². The molecule has 30 heavy (non-hydrogen) atoms. The summed E-state index contributed by atoms with van der Waals surface area (Å²) < 4.78 is 0. The average Bonchev–Trinajstić information content (AvgIpc) is 2.77. The lowest BCUT2D eigenvalue weighted by Crippen LogP contribution is -2.50. The molecule has 2 aromatic rings. The lowest BCUT2D eigenvalue weighted by Gasteiger charge is -2.30. The number of carbonyl (C=O) groups excluding carboxylic acids is 3. The number of benzene rings is 2. The fourth-order valence-electron chi connectivity index (χ4n) is 4.09. The van der Waals surface area contributed by atoms with Gasteiger partial charge in [0.1, 0.15) is 0 Å². The minimum absolute atomic E-state index is 0.126. The van der Waals surface area contributed by atoms with Crippen molar-refractivity contribution in [2.45, 2.75) is 44.1 Å². The normalized spacial score (nSPS) is 19.5. The molecule has 0 aromatic heterocycles. The van der Waals surface area contributed by atoms with Gasteiger partial charge in [0, 0.05) is 6.04 Å². The highest BCUT2D eigenvalue weighted by atomic mass is 16.2. The Kier molecular flexibility index (Phi) is 7.60. The molecule has 0 radical (unpaired) electrons. The van der Waals surface area contributed by atoms with Crippen molar-refractivity contribution in [1.29, 1.82) is 0 Å². The molecule has 1 fully saturated rings. The third-order valence-electron chi connectivity index (χ3n) is 5.70. The summed E-state index contributed by atoms with van der Waals surface area (Å²) >= 11 is 0. The Morgan fingerprint density at radius 2 is 1.57 bits per heavy atom. The minimum Gasteiger partial charge on any atom is -0.369 e. The molecular formula is C24H29N3O3. The van der Waals surface area contributed by atoms with Crippen LogP contribution in [0.3, 0.4) is 0 Å². The topological polar surface area (TPSA) is 101 Å². The molecule has 4 N–H and O–H groups in total. The predicted octanol–water partition coefficient (Wildman–Crippen LogP) is 2.29. The Bertz CT molecular complexity index is 855. The van der Waals surface area contributed by atoms with E-state index in [-0.39, 0.29) is 36.2 Å². The Hall–Kier alpha value is -3.15. The molecule has 0 aliphatic heterocycles. The summed E-state index contributed by atoms with van der Waals surface area (Å²) in [5, 5.41) is 5.65. The number of hydrogen-bond acceptors (Lipinski definition) is 3. The number of nitrogens with one attached hydrogen (secondary N) is 2. The summed E-state index contributed by atoms with van der Waals surface area (Å²) in [4.78, 5) is 37.0. The van der Waals surface area contributed by atoms with Gasteiger partial charge in [-0.15, -0.1) is 0 Å². The van der Waals surface area contributed by atoms with E-state index in [0.717, 1.165) is 30.4 Å². The molecule has 6 heteroatoms. The molecule has 0 bridgehead atoms. The number of carbonyl (C=O) groups is 3. The monoisotopic (exact) mass is 407 g/mol. The van der Waals surface area contributed by atoms with Gasteiger partial charge in [-0.1, -0.05) is 73.5 Å². The lowest BCUT2D eigenvalue weighted by atomic mass is 9.84. The number of primary amides is 1. The summed E-state index contributed by atoms with van der Waals surface area (Å²) in [5.41, 5.74) is 7.43. The highest BCUT2D eigenvalue weighted by Gasteiger charge is 2.30. The van der Waals surface area contributed by atoms with E-state index in [0.29, 0.717) is 12.8 Å². The predicted molar refractivity (Wildman–Crippen MR) is 115 cm³/mol. The molecule has 0 heterocycles. The van der Waals surface area contributed by atoms with Gasteiger partial charge in [0.05, 0.1) is 18.4 Å². The highest BCUT2D eigenvalue weighted by molar-refractivity contribution is 5.89. The van der Waals surface area contributed by atoms with Crippen LogP contribution in [0.1, 0.15) is 42.7 Å². The van der Waals surface area contributed by atoms with Gasteiger partial charge in [0.2, 0.25) is 17.7 Å². The molecule has 158 valence electrons. The zero-order valence-electron chi connectivity index (χ0n) is 17.1. The van der Waals surface area contributed by atoms with Gasteiger partial charge in [-0.2, -0.15) is 0 Å². The van der Waals surface area contributed by atoms with Crippen LogP contribution in [0.2, 0.25) is 0 Å². The van der Waals surface area contributed by atoms with Crippen LogP contribution in [0.15, 0.2) is 60.7 Å². The number of nitrogens with two attached hydrogens (primary N) is 1. The fraction of sp³-hybridized carbons (Fsp3) is 0.375. The molecule has 1 aliphatic rings. The summed E-state index contributed by atoms with van der Waals surface area (Å²) in [6, 6.07) is 19.1. The van der Waals surface area contributed by atoms with Crippen LogP contribution < -0.4 is 16.4 Å². The van der Waals surface area contributed by atoms with Crippen molar-refractivity contribution in [2.75, 3.05) is 6.54 Å². The van der Waals surface area contributed by atoms with Crippen LogP contribution in [0.4, 0.5) is 0 Å². The van der Waals surface area contributed by atoms with Crippen LogP contribution in [0, 0.1) is 5.92 Å². The van der Waals surface area contributed by atoms with E-state index in [4.69, 9.17) is 5.73 Å². The average molecular weight is 408 g/mol. The molecule has 3 rings (SSSR count). The van der Waals surface area contributed by atoms with Crippen molar-refractivity contribution in [2.24, 2.45) is 11.7 Å². The van der Waals surface area contributed by atoms with Crippen LogP contribution in [0.25, 0.3) is 0 Å². The van der Waals surface area contributed by atoms with Gasteiger partial charge in [-0.3, -0.25) is 14.4 Å². The van der Waals surface area contributed by atoms with E-state index in [1.807, 2.05) is 60.7 Å². The Morgan fingerprint density at radius 1 is 0.933 bits per heavy atom. The molecular weight excluding hydrogens is 378 g/mol. The lowest BCUT2D eigenvalue weighted by molar-refractivity contribution is -0.129. The zero-order chi connectivity index (χ0) is 21.3. The summed E-state index contributed by atoms with van der Waals surface area (Å²) in [6.45, 7) is -0.126. The Balaban J connectivity index is 1.61. The van der Waals surface area contributed by atoms with Crippen molar-refractivity contribution in [3.8, 4) is 0 Å². The van der Waals surface area contributed by atoms with Crippen LogP contribution in [-0.2, 0) is 20.8 Å². The van der Waals surface area contributed by atoms with Gasteiger partial charge in [-0.25, -0.2) is 0 Å². The van der Waals surface area contributed by atoms with Gasteiger partial charge < -0.3 is 16.4 Å². The van der Waals surface area contributed by atoms with Gasteiger partial charge in [0.25, 0.3) is 0 Å². The molecule has 3 atom stereocenters. The SMILES string of the molecule is NC(=O)C1CCCCC1NC(=O)CNC(=O)C(Cc1ccccc1)c1ccccc1. The molecule has 0 saturated heterocycles. The van der Waals surface area contributed by atoms with Gasteiger partial charge in [0.15, 0.2) is 0 Å². The molecule has 6 nitrogen and oxygen atoms in total. The molecule has 2 aromatic carbocycles. The number of hydrogen-bond donors (Lipinski definition) is 3. The van der Waals surface area contributed by atoms with Crippen LogP contribution in [0.5, 0.6) is 0 Å².